The summed E-state index contributed by atoms with van der Waals surface area (Å²) in [6.07, 6.45) is 2.10. The molecule has 1 aromatic heterocycles. The van der Waals surface area contributed by atoms with Crippen molar-refractivity contribution in [1.82, 2.24) is 15.0 Å². The quantitative estimate of drug-likeness (QED) is 0.428. The molecule has 4 unspecified atom stereocenters. The second-order valence-corrected chi connectivity index (χ2v) is 7.16. The zero-order chi connectivity index (χ0) is 19.2. The molecule has 5 rings (SSSR count). The molecule has 0 bridgehead atoms. The molecule has 28 heavy (non-hydrogen) atoms. The van der Waals surface area contributed by atoms with Crippen molar-refractivity contribution in [2.24, 2.45) is 5.11 Å². The van der Waals surface area contributed by atoms with E-state index in [2.05, 4.69) is 20.2 Å². The number of fused-ring (bicyclic) bond motifs is 1. The Kier molecular flexibility index (Phi) is 3.73. The van der Waals surface area contributed by atoms with E-state index in [9.17, 15) is 10.6 Å². The van der Waals surface area contributed by atoms with Crippen molar-refractivity contribution in [2.75, 3.05) is 6.61 Å². The number of ether oxygens (including phenoxy) is 1. The van der Waals surface area contributed by atoms with Gasteiger partial charge in [-0.3, -0.25) is 0 Å². The summed E-state index contributed by atoms with van der Waals surface area (Å²) in [5.41, 5.74) is 10.6. The van der Waals surface area contributed by atoms with Crippen LogP contribution in [0.3, 0.4) is 0 Å². The van der Waals surface area contributed by atoms with E-state index in [-0.39, 0.29) is 0 Å². The molecule has 2 fully saturated rings. The smallest absolute Gasteiger partial charge is 0.188 e. The molecule has 0 radical (unpaired) electrons. The van der Waals surface area contributed by atoms with Crippen molar-refractivity contribution in [2.45, 2.75) is 29.7 Å². The molecule has 1 saturated heterocycles. The lowest BCUT2D eigenvalue weighted by Crippen LogP contribution is -2.71. The summed E-state index contributed by atoms with van der Waals surface area (Å²) in [6, 6.07) is 18.9. The Morgan fingerprint density at radius 1 is 1.14 bits per heavy atom. The lowest BCUT2D eigenvalue weighted by Gasteiger charge is -2.58. The minimum Gasteiger partial charge on any atom is -0.364 e. The minimum atomic E-state index is -1.58. The third-order valence-corrected chi connectivity index (χ3v) is 5.86. The molecule has 1 saturated carbocycles. The van der Waals surface area contributed by atoms with Gasteiger partial charge in [-0.1, -0.05) is 65.8 Å². The van der Waals surface area contributed by atoms with Gasteiger partial charge in [0, 0.05) is 10.5 Å². The molecule has 3 aromatic rings. The first-order valence-corrected chi connectivity index (χ1v) is 9.14. The van der Waals surface area contributed by atoms with Crippen LogP contribution in [0.25, 0.3) is 21.7 Å². The van der Waals surface area contributed by atoms with Gasteiger partial charge in [-0.15, -0.1) is 0 Å². The third-order valence-electron chi connectivity index (χ3n) is 5.86. The second kappa shape index (κ2) is 6.17. The van der Waals surface area contributed by atoms with E-state index in [1.54, 1.807) is 11.0 Å². The number of aliphatic hydroxyl groups is 1. The van der Waals surface area contributed by atoms with Gasteiger partial charge in [-0.25, -0.2) is 0 Å². The number of hydrogen-bond donors (Lipinski definition) is 1. The van der Waals surface area contributed by atoms with E-state index >= 15 is 0 Å². The number of hydrogen-bond acceptors (Lipinski definition) is 5. The number of azide groups is 1. The predicted octanol–water partition coefficient (Wildman–Crippen LogP) is 3.44. The highest BCUT2D eigenvalue weighted by Gasteiger charge is 2.77. The summed E-state index contributed by atoms with van der Waals surface area (Å²) in [5.74, 6) is -2.02. The van der Waals surface area contributed by atoms with Crippen LogP contribution in [-0.2, 0) is 4.74 Å². The Hall–Kier alpha value is -3.19. The molecule has 2 aliphatic rings. The van der Waals surface area contributed by atoms with Crippen molar-refractivity contribution in [3.8, 4) is 11.3 Å². The Morgan fingerprint density at radius 3 is 2.57 bits per heavy atom. The average molecular weight is 374 g/mol. The first-order valence-electron chi connectivity index (χ1n) is 9.14. The Bertz CT molecular complexity index is 1050. The molecule has 2 heterocycles. The van der Waals surface area contributed by atoms with Crippen LogP contribution in [-0.4, -0.2) is 38.0 Å². The molecule has 4 atom stereocenters. The molecular formula is C20H18N6O2. The van der Waals surface area contributed by atoms with E-state index in [4.69, 9.17) is 4.74 Å². The van der Waals surface area contributed by atoms with Gasteiger partial charge in [0.1, 0.15) is 17.3 Å². The molecule has 1 aliphatic carbocycles. The molecule has 1 aliphatic heterocycles. The maximum atomic E-state index is 11.3. The zero-order valence-electron chi connectivity index (χ0n) is 15.0. The number of nitrogens with zero attached hydrogens (tertiary/aromatic N) is 6. The standard InChI is InChI=1S/C20H18N6O2/c21-25-24-19-11-12-28-20(19,27)17(15-9-5-2-6-10-15)18(19)26-22-13-16(23-26)14-7-3-1-4-8-14/h1-10,13,17-18,27H,11-12H2. The lowest BCUT2D eigenvalue weighted by atomic mass is 9.56. The summed E-state index contributed by atoms with van der Waals surface area (Å²) in [7, 11) is 0. The van der Waals surface area contributed by atoms with E-state index in [0.29, 0.717) is 13.0 Å². The predicted molar refractivity (Wildman–Crippen MR) is 101 cm³/mol. The van der Waals surface area contributed by atoms with E-state index in [1.807, 2.05) is 60.7 Å². The van der Waals surface area contributed by atoms with Gasteiger partial charge in [0.2, 0.25) is 0 Å². The Morgan fingerprint density at radius 2 is 1.86 bits per heavy atom. The van der Waals surface area contributed by atoms with Crippen LogP contribution in [0.15, 0.2) is 72.0 Å². The Balaban J connectivity index is 1.63. The van der Waals surface area contributed by atoms with Crippen molar-refractivity contribution in [1.29, 1.82) is 0 Å². The van der Waals surface area contributed by atoms with E-state index < -0.39 is 23.3 Å². The average Bonchev–Trinajstić information content (AvgIpc) is 3.31. The summed E-state index contributed by atoms with van der Waals surface area (Å²) in [6.45, 7) is 0.308. The van der Waals surface area contributed by atoms with Gasteiger partial charge in [0.25, 0.3) is 0 Å². The molecule has 0 amide bonds. The van der Waals surface area contributed by atoms with Crippen molar-refractivity contribution in [3.05, 3.63) is 82.9 Å². The van der Waals surface area contributed by atoms with Crippen molar-refractivity contribution in [3.63, 3.8) is 0 Å². The molecule has 1 N–H and O–H groups in total. The van der Waals surface area contributed by atoms with Gasteiger partial charge in [0.05, 0.1) is 18.7 Å². The summed E-state index contributed by atoms with van der Waals surface area (Å²) < 4.78 is 5.73. The highest BCUT2D eigenvalue weighted by Crippen LogP contribution is 2.66. The zero-order valence-corrected chi connectivity index (χ0v) is 15.0. The minimum absolute atomic E-state index is 0.308. The van der Waals surface area contributed by atoms with Crippen LogP contribution in [0, 0.1) is 0 Å². The van der Waals surface area contributed by atoms with Gasteiger partial charge in [-0.05, 0) is 17.5 Å². The SMILES string of the molecule is [N-]=[N+]=NC12CCOC1(O)C(c1ccccc1)C2n1ncc(-c2ccccc2)n1. The maximum absolute atomic E-state index is 11.3. The van der Waals surface area contributed by atoms with Gasteiger partial charge >= 0.3 is 0 Å². The molecule has 8 heteroatoms. The fraction of sp³-hybridized carbons (Fsp3) is 0.300. The van der Waals surface area contributed by atoms with Gasteiger partial charge < -0.3 is 9.84 Å². The van der Waals surface area contributed by atoms with Gasteiger partial charge in [-0.2, -0.15) is 15.0 Å². The monoisotopic (exact) mass is 374 g/mol. The molecule has 140 valence electrons. The van der Waals surface area contributed by atoms with Crippen molar-refractivity contribution >= 4 is 0 Å². The molecule has 2 aromatic carbocycles. The van der Waals surface area contributed by atoms with Crippen LogP contribution in [0.2, 0.25) is 0 Å². The van der Waals surface area contributed by atoms with E-state index in [1.165, 1.54) is 0 Å². The third kappa shape index (κ3) is 2.16. The van der Waals surface area contributed by atoms with Crippen LogP contribution in [0.1, 0.15) is 23.9 Å². The van der Waals surface area contributed by atoms with Crippen LogP contribution in [0.4, 0.5) is 0 Å². The molecule has 0 spiro atoms. The molecule has 8 nitrogen and oxygen atoms in total. The topological polar surface area (TPSA) is 109 Å². The normalized spacial score (nSPS) is 30.9. The largest absolute Gasteiger partial charge is 0.364 e. The molecular weight excluding hydrogens is 356 g/mol. The maximum Gasteiger partial charge on any atom is 0.188 e. The van der Waals surface area contributed by atoms with E-state index in [0.717, 1.165) is 16.8 Å². The highest BCUT2D eigenvalue weighted by atomic mass is 16.6. The van der Waals surface area contributed by atoms with Crippen molar-refractivity contribution < 1.29 is 9.84 Å². The Labute approximate surface area is 161 Å². The van der Waals surface area contributed by atoms with Crippen LogP contribution >= 0.6 is 0 Å². The second-order valence-electron chi connectivity index (χ2n) is 7.16. The number of rotatable bonds is 4. The lowest BCUT2D eigenvalue weighted by molar-refractivity contribution is -0.290. The first kappa shape index (κ1) is 16.9. The summed E-state index contributed by atoms with van der Waals surface area (Å²) >= 11 is 0. The summed E-state index contributed by atoms with van der Waals surface area (Å²) in [4.78, 5) is 4.59. The fourth-order valence-electron chi connectivity index (χ4n) is 4.58. The number of aromatic nitrogens is 3. The van der Waals surface area contributed by atoms with Gasteiger partial charge in [0.15, 0.2) is 5.79 Å². The van der Waals surface area contributed by atoms with Crippen LogP contribution < -0.4 is 0 Å². The van der Waals surface area contributed by atoms with Crippen LogP contribution in [0.5, 0.6) is 0 Å². The summed E-state index contributed by atoms with van der Waals surface area (Å²) in [5, 5.41) is 24.5. The number of benzene rings is 2. The fourth-order valence-corrected chi connectivity index (χ4v) is 4.58. The first-order chi connectivity index (χ1) is 13.7. The highest BCUT2D eigenvalue weighted by molar-refractivity contribution is 5.57.